The van der Waals surface area contributed by atoms with Crippen molar-refractivity contribution >= 4 is 11.3 Å². The lowest BCUT2D eigenvalue weighted by Gasteiger charge is -2.01. The van der Waals surface area contributed by atoms with Gasteiger partial charge in [-0.1, -0.05) is 6.07 Å². The quantitative estimate of drug-likeness (QED) is 0.668. The number of rotatable bonds is 4. The molecule has 0 aliphatic heterocycles. The molecule has 5 heteroatoms. The van der Waals surface area contributed by atoms with E-state index in [-0.39, 0.29) is 5.78 Å². The molecule has 0 aliphatic rings. The van der Waals surface area contributed by atoms with E-state index in [2.05, 4.69) is 10.2 Å². The summed E-state index contributed by atoms with van der Waals surface area (Å²) in [5, 5.41) is 8.28. The normalized spacial score (nSPS) is 11.0. The molecule has 0 aromatic carbocycles. The van der Waals surface area contributed by atoms with Crippen LogP contribution in [0, 0.1) is 0 Å². The van der Waals surface area contributed by atoms with E-state index in [4.69, 9.17) is 0 Å². The van der Waals surface area contributed by atoms with E-state index in [0.717, 1.165) is 11.2 Å². The molecule has 3 aromatic rings. The summed E-state index contributed by atoms with van der Waals surface area (Å²) in [6.45, 7) is 0. The predicted octanol–water partition coefficient (Wildman–Crippen LogP) is 1.88. The van der Waals surface area contributed by atoms with Crippen LogP contribution in [0.2, 0.25) is 0 Å². The molecule has 0 radical (unpaired) electrons. The summed E-state index contributed by atoms with van der Waals surface area (Å²) in [5.74, 6) is 0.113. The third-order valence-electron chi connectivity index (χ3n) is 3.26. The van der Waals surface area contributed by atoms with Crippen LogP contribution in [0.3, 0.4) is 0 Å². The van der Waals surface area contributed by atoms with Gasteiger partial charge >= 0.3 is 0 Å². The molecule has 3 rings (SSSR count). The van der Waals surface area contributed by atoms with E-state index >= 15 is 0 Å². The van der Waals surface area contributed by atoms with E-state index in [1.54, 1.807) is 21.6 Å². The molecule has 0 saturated carbocycles. The van der Waals surface area contributed by atoms with Gasteiger partial charge in [-0.05, 0) is 24.6 Å². The highest BCUT2D eigenvalue weighted by atomic mass is 16.1. The van der Waals surface area contributed by atoms with E-state index in [1.165, 1.54) is 0 Å². The predicted molar refractivity (Wildman–Crippen MR) is 71.1 cm³/mol. The van der Waals surface area contributed by atoms with Gasteiger partial charge in [-0.2, -0.15) is 10.2 Å². The first-order valence-electron chi connectivity index (χ1n) is 6.18. The van der Waals surface area contributed by atoms with Gasteiger partial charge in [0.2, 0.25) is 0 Å². The van der Waals surface area contributed by atoms with Crippen molar-refractivity contribution in [3.8, 4) is 0 Å². The van der Waals surface area contributed by atoms with Crippen LogP contribution < -0.4 is 0 Å². The first kappa shape index (κ1) is 11.6. The molecule has 0 saturated heterocycles. The Balaban J connectivity index is 1.79. The number of nitrogens with zero attached hydrogens (tertiary/aromatic N) is 4. The smallest absolute Gasteiger partial charge is 0.167 e. The molecule has 19 heavy (non-hydrogen) atoms. The average molecular weight is 254 g/mol. The number of aromatic nitrogens is 4. The summed E-state index contributed by atoms with van der Waals surface area (Å²) in [7, 11) is 1.88. The van der Waals surface area contributed by atoms with Crippen LogP contribution in [0.5, 0.6) is 0 Å². The maximum Gasteiger partial charge on any atom is 0.167 e. The Morgan fingerprint density at radius 2 is 2.16 bits per heavy atom. The van der Waals surface area contributed by atoms with Gasteiger partial charge in [0.15, 0.2) is 5.78 Å². The van der Waals surface area contributed by atoms with E-state index < -0.39 is 0 Å². The first-order chi connectivity index (χ1) is 9.25. The fourth-order valence-corrected chi connectivity index (χ4v) is 2.17. The number of ketones is 1. The van der Waals surface area contributed by atoms with Crippen molar-refractivity contribution in [1.82, 2.24) is 19.4 Å². The Morgan fingerprint density at radius 1 is 1.26 bits per heavy atom. The Hall–Kier alpha value is -2.43. The third kappa shape index (κ3) is 2.14. The molecule has 96 valence electrons. The van der Waals surface area contributed by atoms with Crippen LogP contribution in [-0.2, 0) is 13.5 Å². The average Bonchev–Trinajstić information content (AvgIpc) is 3.02. The summed E-state index contributed by atoms with van der Waals surface area (Å²) in [6.07, 6.45) is 6.39. The fourth-order valence-electron chi connectivity index (χ4n) is 2.17. The Bertz CT molecular complexity index is 726. The molecule has 3 heterocycles. The summed E-state index contributed by atoms with van der Waals surface area (Å²) in [4.78, 5) is 12.2. The second-order valence-electron chi connectivity index (χ2n) is 4.46. The zero-order chi connectivity index (χ0) is 13.2. The van der Waals surface area contributed by atoms with Crippen LogP contribution in [0.1, 0.15) is 22.5 Å². The summed E-state index contributed by atoms with van der Waals surface area (Å²) < 4.78 is 3.51. The third-order valence-corrected chi connectivity index (χ3v) is 3.26. The van der Waals surface area contributed by atoms with Gasteiger partial charge in [-0.15, -0.1) is 0 Å². The molecule has 0 amide bonds. The molecule has 0 fully saturated rings. The monoisotopic (exact) mass is 254 g/mol. The summed E-state index contributed by atoms with van der Waals surface area (Å²) in [6, 6.07) is 7.65. The number of fused-ring (bicyclic) bond motifs is 1. The number of carbonyl (C=O) groups is 1. The standard InChI is InChI=1S/C14H14N4O/c1-17-11(7-8-15-17)5-6-14(19)12-10-16-18-9-3-2-4-13(12)18/h2-4,7-10H,5-6H2,1H3. The Morgan fingerprint density at radius 3 is 2.95 bits per heavy atom. The second kappa shape index (κ2) is 4.68. The fraction of sp³-hybridized carbons (Fsp3) is 0.214. The van der Waals surface area contributed by atoms with E-state index in [0.29, 0.717) is 18.4 Å². The lowest BCUT2D eigenvalue weighted by molar-refractivity contribution is 0.0984. The highest BCUT2D eigenvalue weighted by Crippen LogP contribution is 2.13. The topological polar surface area (TPSA) is 52.2 Å². The largest absolute Gasteiger partial charge is 0.294 e. The zero-order valence-corrected chi connectivity index (χ0v) is 10.7. The minimum atomic E-state index is 0.113. The van der Waals surface area contributed by atoms with Gasteiger partial charge < -0.3 is 0 Å². The van der Waals surface area contributed by atoms with Crippen LogP contribution in [0.25, 0.3) is 5.52 Å². The molecule has 0 N–H and O–H groups in total. The van der Waals surface area contributed by atoms with Gasteiger partial charge in [0.25, 0.3) is 0 Å². The van der Waals surface area contributed by atoms with Crippen LogP contribution >= 0.6 is 0 Å². The maximum absolute atomic E-state index is 12.2. The number of hydrogen-bond donors (Lipinski definition) is 0. The molecule has 0 unspecified atom stereocenters. The summed E-state index contributed by atoms with van der Waals surface area (Å²) >= 11 is 0. The molecule has 5 nitrogen and oxygen atoms in total. The first-order valence-corrected chi connectivity index (χ1v) is 6.18. The van der Waals surface area contributed by atoms with Crippen LogP contribution in [0.15, 0.2) is 42.9 Å². The number of Topliss-reactive ketones (excluding diaryl/α,β-unsaturated/α-hetero) is 1. The van der Waals surface area contributed by atoms with Crippen molar-refractivity contribution in [3.63, 3.8) is 0 Å². The highest BCUT2D eigenvalue weighted by Gasteiger charge is 2.12. The second-order valence-corrected chi connectivity index (χ2v) is 4.46. The van der Waals surface area contributed by atoms with Gasteiger partial charge in [-0.3, -0.25) is 9.48 Å². The van der Waals surface area contributed by atoms with Crippen molar-refractivity contribution < 1.29 is 4.79 Å². The minimum Gasteiger partial charge on any atom is -0.294 e. The summed E-state index contributed by atoms with van der Waals surface area (Å²) in [5.41, 5.74) is 2.60. The number of pyridine rings is 1. The lowest BCUT2D eigenvalue weighted by Crippen LogP contribution is -2.04. The van der Waals surface area contributed by atoms with E-state index in [9.17, 15) is 4.79 Å². The van der Waals surface area contributed by atoms with Crippen molar-refractivity contribution in [2.24, 2.45) is 7.05 Å². The molecule has 0 atom stereocenters. The molecule has 0 bridgehead atoms. The molecular formula is C14H14N4O. The maximum atomic E-state index is 12.2. The molecule has 0 aliphatic carbocycles. The highest BCUT2D eigenvalue weighted by molar-refractivity contribution is 6.02. The van der Waals surface area contributed by atoms with Crippen LogP contribution in [0.4, 0.5) is 0 Å². The zero-order valence-electron chi connectivity index (χ0n) is 10.7. The Kier molecular flexibility index (Phi) is 2.87. The van der Waals surface area contributed by atoms with Gasteiger partial charge in [0.1, 0.15) is 0 Å². The van der Waals surface area contributed by atoms with Gasteiger partial charge in [-0.25, -0.2) is 4.52 Å². The molecule has 3 aromatic heterocycles. The molecule has 0 spiro atoms. The molecular weight excluding hydrogens is 240 g/mol. The Labute approximate surface area is 110 Å². The number of aryl methyl sites for hydroxylation is 2. The van der Waals surface area contributed by atoms with Gasteiger partial charge in [0, 0.05) is 31.6 Å². The van der Waals surface area contributed by atoms with Crippen molar-refractivity contribution in [2.45, 2.75) is 12.8 Å². The number of carbonyl (C=O) groups excluding carboxylic acids is 1. The van der Waals surface area contributed by atoms with E-state index in [1.807, 2.05) is 37.5 Å². The SMILES string of the molecule is Cn1nccc1CCC(=O)c1cnn2ccccc12. The lowest BCUT2D eigenvalue weighted by atomic mass is 10.1. The van der Waals surface area contributed by atoms with Gasteiger partial charge in [0.05, 0.1) is 17.3 Å². The minimum absolute atomic E-state index is 0.113. The van der Waals surface area contributed by atoms with Crippen molar-refractivity contribution in [3.05, 3.63) is 54.1 Å². The van der Waals surface area contributed by atoms with Crippen LogP contribution in [-0.4, -0.2) is 25.2 Å². The van der Waals surface area contributed by atoms with Crippen molar-refractivity contribution in [2.75, 3.05) is 0 Å². The number of hydrogen-bond acceptors (Lipinski definition) is 3. The van der Waals surface area contributed by atoms with Crippen molar-refractivity contribution in [1.29, 1.82) is 0 Å².